The maximum atomic E-state index is 11.7. The molecule has 1 aliphatic rings. The molecule has 0 bridgehead atoms. The molecular weight excluding hydrogens is 267 g/mol. The van der Waals surface area contributed by atoms with Gasteiger partial charge < -0.3 is 9.15 Å². The van der Waals surface area contributed by atoms with E-state index >= 15 is 0 Å². The van der Waals surface area contributed by atoms with Crippen LogP contribution in [0.15, 0.2) is 35.2 Å². The monoisotopic (exact) mass is 278 g/mol. The van der Waals surface area contributed by atoms with Crippen LogP contribution in [-0.4, -0.2) is 12.7 Å². The molecule has 5 nitrogen and oxygen atoms in total. The molecule has 0 aromatic carbocycles. The number of ether oxygens (including phenoxy) is 1. The van der Waals surface area contributed by atoms with Crippen LogP contribution in [0.2, 0.25) is 0 Å². The maximum Gasteiger partial charge on any atom is 0.424 e. The molecule has 0 spiro atoms. The van der Waals surface area contributed by atoms with Crippen molar-refractivity contribution in [2.24, 2.45) is 0 Å². The molecule has 2 atom stereocenters. The lowest BCUT2D eigenvalue weighted by molar-refractivity contribution is 0.0951. The number of hydrogen-bond donors (Lipinski definition) is 0. The van der Waals surface area contributed by atoms with Gasteiger partial charge in [0.05, 0.1) is 19.1 Å². The minimum atomic E-state index is -3.58. The van der Waals surface area contributed by atoms with Crippen LogP contribution < -0.4 is 0 Å². The number of rotatable bonds is 6. The summed E-state index contributed by atoms with van der Waals surface area (Å²) in [5.41, 5.74) is 0. The normalized spacial score (nSPS) is 22.3. The van der Waals surface area contributed by atoms with Crippen molar-refractivity contribution in [2.75, 3.05) is 6.61 Å². The fourth-order valence-electron chi connectivity index (χ4n) is 1.28. The second kappa shape index (κ2) is 5.74. The quantitative estimate of drug-likeness (QED) is 0.746. The summed E-state index contributed by atoms with van der Waals surface area (Å²) in [6, 6.07) is 3.40. The topological polar surface area (TPSA) is 57.9 Å². The molecule has 0 amide bonds. The van der Waals surface area contributed by atoms with Crippen molar-refractivity contribution in [1.82, 2.24) is 0 Å². The predicted molar refractivity (Wildman–Crippen MR) is 61.5 cm³/mol. The van der Waals surface area contributed by atoms with Gasteiger partial charge in [-0.15, -0.1) is 0 Å². The van der Waals surface area contributed by atoms with Crippen LogP contribution in [-0.2, 0) is 25.0 Å². The Hall–Kier alpha value is -0.740. The van der Waals surface area contributed by atoms with E-state index in [1.807, 2.05) is 6.08 Å². The molecule has 0 saturated carbocycles. The highest BCUT2D eigenvalue weighted by Crippen LogP contribution is 2.54. The summed E-state index contributed by atoms with van der Waals surface area (Å²) in [7, 11) is 0. The Labute approximate surface area is 104 Å². The highest BCUT2D eigenvalue weighted by atomic mass is 35.7. The first-order valence-electron chi connectivity index (χ1n) is 5.07. The smallest absolute Gasteiger partial charge is 0.424 e. The molecule has 17 heavy (non-hydrogen) atoms. The van der Waals surface area contributed by atoms with Crippen molar-refractivity contribution in [1.29, 1.82) is 0 Å². The SMILES string of the molecule is O=P(Cl)(OCc1ccco1)OCC1CC=CO1. The van der Waals surface area contributed by atoms with Crippen molar-refractivity contribution >= 4 is 18.2 Å². The van der Waals surface area contributed by atoms with E-state index in [1.165, 1.54) is 6.26 Å². The van der Waals surface area contributed by atoms with Crippen molar-refractivity contribution in [2.45, 2.75) is 19.1 Å². The predicted octanol–water partition coefficient (Wildman–Crippen LogP) is 3.46. The molecule has 1 aromatic heterocycles. The molecule has 0 radical (unpaired) electrons. The molecule has 2 unspecified atom stereocenters. The Morgan fingerprint density at radius 2 is 2.41 bits per heavy atom. The van der Waals surface area contributed by atoms with Crippen LogP contribution in [0.1, 0.15) is 12.2 Å². The van der Waals surface area contributed by atoms with Crippen molar-refractivity contribution < 1.29 is 22.8 Å². The molecule has 2 rings (SSSR count). The van der Waals surface area contributed by atoms with Crippen LogP contribution in [0.25, 0.3) is 0 Å². The molecule has 2 heterocycles. The molecule has 7 heteroatoms. The summed E-state index contributed by atoms with van der Waals surface area (Å²) in [4.78, 5) is 0. The summed E-state index contributed by atoms with van der Waals surface area (Å²) in [6.45, 7) is -3.44. The van der Waals surface area contributed by atoms with Crippen molar-refractivity contribution in [3.63, 3.8) is 0 Å². The zero-order valence-corrected chi connectivity index (χ0v) is 10.6. The molecule has 1 aromatic rings. The minimum absolute atomic E-state index is 0.0115. The van der Waals surface area contributed by atoms with Crippen LogP contribution in [0.4, 0.5) is 0 Å². The molecule has 94 valence electrons. The Morgan fingerprint density at radius 1 is 1.53 bits per heavy atom. The van der Waals surface area contributed by atoms with Gasteiger partial charge in [-0.1, -0.05) is 0 Å². The van der Waals surface area contributed by atoms with Gasteiger partial charge in [0.25, 0.3) is 0 Å². The minimum Gasteiger partial charge on any atom is -0.496 e. The van der Waals surface area contributed by atoms with E-state index in [4.69, 9.17) is 29.4 Å². The zero-order chi connectivity index (χ0) is 12.1. The van der Waals surface area contributed by atoms with Crippen molar-refractivity contribution in [3.8, 4) is 0 Å². The Kier molecular flexibility index (Phi) is 4.29. The van der Waals surface area contributed by atoms with Crippen LogP contribution in [0.5, 0.6) is 0 Å². The zero-order valence-electron chi connectivity index (χ0n) is 8.95. The van der Waals surface area contributed by atoms with Crippen molar-refractivity contribution in [3.05, 3.63) is 36.5 Å². The van der Waals surface area contributed by atoms with Gasteiger partial charge in [-0.3, -0.25) is 9.05 Å². The van der Waals surface area contributed by atoms with Gasteiger partial charge in [-0.25, -0.2) is 4.57 Å². The highest BCUT2D eigenvalue weighted by Gasteiger charge is 2.24. The van der Waals surface area contributed by atoms with Crippen LogP contribution >= 0.6 is 18.2 Å². The average molecular weight is 279 g/mol. The van der Waals surface area contributed by atoms with Crippen LogP contribution in [0, 0.1) is 0 Å². The fourth-order valence-corrected chi connectivity index (χ4v) is 2.30. The summed E-state index contributed by atoms with van der Waals surface area (Å²) >= 11 is 5.63. The Bertz CT molecular complexity index is 408. The average Bonchev–Trinajstić information content (AvgIpc) is 2.97. The number of hydrogen-bond acceptors (Lipinski definition) is 5. The van der Waals surface area contributed by atoms with Gasteiger partial charge in [0.2, 0.25) is 0 Å². The standard InChI is InChI=1S/C10H12ClO5P/c11-17(12,15-7-9-3-1-5-13-9)16-8-10-4-2-6-14-10/h1-3,5-6,10H,4,7-8H2. The second-order valence-corrected chi connectivity index (χ2v) is 6.06. The van der Waals surface area contributed by atoms with Gasteiger partial charge in [0, 0.05) is 17.7 Å². The lowest BCUT2D eigenvalue weighted by atomic mass is 10.3. The van der Waals surface area contributed by atoms with Gasteiger partial charge in [-0.2, -0.15) is 0 Å². The van der Waals surface area contributed by atoms with Gasteiger partial charge in [0.15, 0.2) is 0 Å². The van der Waals surface area contributed by atoms with E-state index in [0.717, 1.165) is 6.42 Å². The molecule has 0 aliphatic carbocycles. The molecule has 0 N–H and O–H groups in total. The molecular formula is C10H12ClO5P. The first-order chi connectivity index (χ1) is 8.16. The third-order valence-electron chi connectivity index (χ3n) is 2.12. The van der Waals surface area contributed by atoms with E-state index in [1.54, 1.807) is 18.4 Å². The summed E-state index contributed by atoms with van der Waals surface area (Å²) in [5.74, 6) is 0.535. The maximum absolute atomic E-state index is 11.7. The first-order valence-corrected chi connectivity index (χ1v) is 7.52. The highest BCUT2D eigenvalue weighted by molar-refractivity contribution is 7.81. The number of furan rings is 1. The van der Waals surface area contributed by atoms with Gasteiger partial charge in [0.1, 0.15) is 18.5 Å². The third kappa shape index (κ3) is 4.21. The Morgan fingerprint density at radius 3 is 3.06 bits per heavy atom. The lowest BCUT2D eigenvalue weighted by Crippen LogP contribution is -2.12. The van der Waals surface area contributed by atoms with E-state index in [-0.39, 0.29) is 19.3 Å². The first kappa shape index (κ1) is 12.7. The molecule has 0 saturated heterocycles. The fraction of sp³-hybridized carbons (Fsp3) is 0.400. The third-order valence-corrected chi connectivity index (χ3v) is 3.60. The van der Waals surface area contributed by atoms with E-state index in [9.17, 15) is 4.57 Å². The number of halogens is 1. The summed E-state index contributed by atoms with van der Waals surface area (Å²) in [5, 5.41) is 0. The largest absolute Gasteiger partial charge is 0.496 e. The van der Waals surface area contributed by atoms with E-state index < -0.39 is 6.95 Å². The second-order valence-electron chi connectivity index (χ2n) is 3.44. The Balaban J connectivity index is 1.72. The molecule has 1 aliphatic heterocycles. The summed E-state index contributed by atoms with van der Waals surface area (Å²) in [6.07, 6.45) is 5.51. The van der Waals surface area contributed by atoms with E-state index in [2.05, 4.69) is 0 Å². The van der Waals surface area contributed by atoms with Gasteiger partial charge in [-0.05, 0) is 18.2 Å². The van der Waals surface area contributed by atoms with Crippen LogP contribution in [0.3, 0.4) is 0 Å². The lowest BCUT2D eigenvalue weighted by Gasteiger charge is -2.14. The van der Waals surface area contributed by atoms with Gasteiger partial charge >= 0.3 is 6.95 Å². The van der Waals surface area contributed by atoms with E-state index in [0.29, 0.717) is 5.76 Å². The molecule has 0 fully saturated rings. The summed E-state index contributed by atoms with van der Waals surface area (Å²) < 4.78 is 31.8.